The lowest BCUT2D eigenvalue weighted by Crippen LogP contribution is -2.37. The molecule has 0 heterocycles. The maximum absolute atomic E-state index is 12.8. The molecule has 10 heteroatoms. The van der Waals surface area contributed by atoms with E-state index in [4.69, 9.17) is 18.5 Å². The molecule has 2 unspecified atom stereocenters. The van der Waals surface area contributed by atoms with E-state index in [2.05, 4.69) is 26.0 Å². The lowest BCUT2D eigenvalue weighted by molar-refractivity contribution is -0.870. The Morgan fingerprint density at radius 3 is 1.00 bits per heavy atom. The van der Waals surface area contributed by atoms with E-state index < -0.39 is 26.5 Å². The summed E-state index contributed by atoms with van der Waals surface area (Å²) in [5.41, 5.74) is 0. The third kappa shape index (κ3) is 60.0. The van der Waals surface area contributed by atoms with Gasteiger partial charge >= 0.3 is 19.8 Å². The summed E-state index contributed by atoms with van der Waals surface area (Å²) in [4.78, 5) is 35.7. The first-order valence-electron chi connectivity index (χ1n) is 32.4. The highest BCUT2D eigenvalue weighted by atomic mass is 31.2. The monoisotopic (exact) mass is 1070 g/mol. The Balaban J connectivity index is 3.97. The molecule has 0 aromatic carbocycles. The van der Waals surface area contributed by atoms with E-state index in [1.807, 2.05) is 21.1 Å². The van der Waals surface area contributed by atoms with Crippen LogP contribution in [0.5, 0.6) is 0 Å². The summed E-state index contributed by atoms with van der Waals surface area (Å²) in [6.45, 7) is 4.49. The number of esters is 2. The van der Waals surface area contributed by atoms with Crippen molar-refractivity contribution in [3.8, 4) is 0 Å². The second-order valence-electron chi connectivity index (χ2n) is 23.5. The molecule has 0 fully saturated rings. The van der Waals surface area contributed by atoms with Crippen molar-refractivity contribution in [2.75, 3.05) is 47.5 Å². The van der Waals surface area contributed by atoms with Crippen LogP contribution in [0.25, 0.3) is 0 Å². The van der Waals surface area contributed by atoms with E-state index >= 15 is 0 Å². The van der Waals surface area contributed by atoms with Crippen LogP contribution in [0.2, 0.25) is 0 Å². The average Bonchev–Trinajstić information content (AvgIpc) is 3.36. The summed E-state index contributed by atoms with van der Waals surface area (Å²) in [6.07, 6.45) is 67.4. The molecule has 0 saturated heterocycles. The number of ether oxygens (including phenoxy) is 2. The number of hydrogen-bond acceptors (Lipinski definition) is 7. The van der Waals surface area contributed by atoms with Gasteiger partial charge in [-0.3, -0.25) is 18.6 Å². The smallest absolute Gasteiger partial charge is 0.462 e. The van der Waals surface area contributed by atoms with Crippen molar-refractivity contribution in [3.05, 3.63) is 12.2 Å². The van der Waals surface area contributed by atoms with Gasteiger partial charge in [0, 0.05) is 12.8 Å². The molecule has 0 aromatic rings. The van der Waals surface area contributed by atoms with Crippen LogP contribution in [0.3, 0.4) is 0 Å². The number of quaternary nitrogens is 1. The number of carbonyl (C=O) groups excluding carboxylic acids is 2. The average molecular weight is 1070 g/mol. The van der Waals surface area contributed by atoms with Gasteiger partial charge in [-0.25, -0.2) is 4.57 Å². The Hall–Kier alpha value is -1.25. The Kier molecular flexibility index (Phi) is 55.5. The molecule has 0 aliphatic carbocycles. The molecule has 9 nitrogen and oxygen atoms in total. The minimum atomic E-state index is -4.38. The first-order chi connectivity index (χ1) is 36.0. The zero-order chi connectivity index (χ0) is 54.2. The molecule has 0 aliphatic heterocycles. The van der Waals surface area contributed by atoms with Crippen LogP contribution in [-0.4, -0.2) is 74.9 Å². The molecule has 0 radical (unpaired) electrons. The van der Waals surface area contributed by atoms with Crippen molar-refractivity contribution >= 4 is 19.8 Å². The molecule has 0 bridgehead atoms. The number of hydrogen-bond donors (Lipinski definition) is 1. The maximum atomic E-state index is 12.8. The Morgan fingerprint density at radius 1 is 0.405 bits per heavy atom. The highest BCUT2D eigenvalue weighted by Crippen LogP contribution is 2.43. The molecule has 2 atom stereocenters. The van der Waals surface area contributed by atoms with Gasteiger partial charge in [0.05, 0.1) is 27.7 Å². The van der Waals surface area contributed by atoms with Gasteiger partial charge in [0.2, 0.25) is 0 Å². The van der Waals surface area contributed by atoms with Crippen molar-refractivity contribution in [3.63, 3.8) is 0 Å². The summed E-state index contributed by atoms with van der Waals surface area (Å²) in [7, 11) is 1.49. The van der Waals surface area contributed by atoms with E-state index in [0.29, 0.717) is 23.9 Å². The number of likely N-dealkylation sites (N-methyl/N-ethyl adjacent to an activating group) is 1. The van der Waals surface area contributed by atoms with Crippen molar-refractivity contribution in [1.82, 2.24) is 0 Å². The fourth-order valence-corrected chi connectivity index (χ4v) is 10.5. The summed E-state index contributed by atoms with van der Waals surface area (Å²) in [5.74, 6) is -0.782. The number of phosphoric ester groups is 1. The Morgan fingerprint density at radius 2 is 0.689 bits per heavy atom. The molecule has 0 aliphatic rings. The van der Waals surface area contributed by atoms with Crippen LogP contribution in [0.4, 0.5) is 0 Å². The van der Waals surface area contributed by atoms with Gasteiger partial charge in [0.15, 0.2) is 6.10 Å². The molecule has 0 rings (SSSR count). The van der Waals surface area contributed by atoms with Crippen molar-refractivity contribution in [2.24, 2.45) is 0 Å². The SMILES string of the molecule is CCCCCCCCC/C=C\CCCCCCCCCC(=O)OC(COC(=O)CCCCCCCCCCCCCCCCCCCCCCCCCCCCCCCCCC)COP(=O)(O)OCC[N+](C)(C)C. The fourth-order valence-electron chi connectivity index (χ4n) is 9.78. The number of carbonyl (C=O) groups is 2. The first-order valence-corrected chi connectivity index (χ1v) is 33.9. The number of allylic oxidation sites excluding steroid dienone is 2. The van der Waals surface area contributed by atoms with Gasteiger partial charge < -0.3 is 18.9 Å². The largest absolute Gasteiger partial charge is 0.472 e. The van der Waals surface area contributed by atoms with Gasteiger partial charge in [-0.1, -0.05) is 296 Å². The minimum Gasteiger partial charge on any atom is -0.462 e. The van der Waals surface area contributed by atoms with Crippen LogP contribution >= 0.6 is 7.82 Å². The third-order valence-corrected chi connectivity index (χ3v) is 15.8. The maximum Gasteiger partial charge on any atom is 0.472 e. The molecule has 0 amide bonds. The third-order valence-electron chi connectivity index (χ3n) is 14.8. The van der Waals surface area contributed by atoms with E-state index in [0.717, 1.165) is 44.9 Å². The first kappa shape index (κ1) is 72.8. The quantitative estimate of drug-likeness (QED) is 0.0211. The van der Waals surface area contributed by atoms with Crippen LogP contribution < -0.4 is 0 Å². The minimum absolute atomic E-state index is 0.0346. The van der Waals surface area contributed by atoms with Crippen LogP contribution in [0, 0.1) is 0 Å². The highest BCUT2D eigenvalue weighted by Gasteiger charge is 2.27. The predicted octanol–water partition coefficient (Wildman–Crippen LogP) is 20.4. The van der Waals surface area contributed by atoms with E-state index in [1.54, 1.807) is 0 Å². The fraction of sp³-hybridized carbons (Fsp3) is 0.938. The number of rotatable bonds is 61. The van der Waals surface area contributed by atoms with E-state index in [9.17, 15) is 19.0 Å². The highest BCUT2D eigenvalue weighted by molar-refractivity contribution is 7.47. The second-order valence-corrected chi connectivity index (χ2v) is 25.0. The zero-order valence-corrected chi connectivity index (χ0v) is 51.0. The predicted molar refractivity (Wildman–Crippen MR) is 317 cm³/mol. The second kappa shape index (κ2) is 56.5. The van der Waals surface area contributed by atoms with Crippen LogP contribution in [0.15, 0.2) is 12.2 Å². The van der Waals surface area contributed by atoms with Gasteiger partial charge in [0.1, 0.15) is 19.8 Å². The Labute approximate surface area is 460 Å². The summed E-state index contributed by atoms with van der Waals surface area (Å²) in [5, 5.41) is 0. The molecule has 440 valence electrons. The molecular formula is C64H127NO8P+. The van der Waals surface area contributed by atoms with Gasteiger partial charge in [-0.05, 0) is 38.5 Å². The van der Waals surface area contributed by atoms with E-state index in [1.165, 1.54) is 257 Å². The van der Waals surface area contributed by atoms with Crippen molar-refractivity contribution in [2.45, 2.75) is 341 Å². The molecular weight excluding hydrogens is 942 g/mol. The Bertz CT molecular complexity index is 1260. The van der Waals surface area contributed by atoms with Crippen molar-refractivity contribution in [1.29, 1.82) is 0 Å². The molecule has 74 heavy (non-hydrogen) atoms. The molecule has 0 spiro atoms. The molecule has 0 aromatic heterocycles. The van der Waals surface area contributed by atoms with Gasteiger partial charge in [0.25, 0.3) is 0 Å². The standard InChI is InChI=1S/C64H126NO8P/c1-6-8-10-12-14-16-18-20-22-24-26-27-28-29-30-31-32-33-34-35-36-37-38-39-41-42-44-46-48-50-52-54-56-63(66)70-60-62(61-72-74(68,69)71-59-58-65(3,4)5)73-64(67)57-55-53-51-49-47-45-43-40-25-23-21-19-17-15-13-11-9-7-2/h23,25,62H,6-22,24,26-61H2,1-5H3/p+1/b25-23-. The van der Waals surface area contributed by atoms with Crippen LogP contribution in [-0.2, 0) is 32.7 Å². The number of unbranched alkanes of at least 4 members (excludes halogenated alkanes) is 45. The van der Waals surface area contributed by atoms with Gasteiger partial charge in [-0.15, -0.1) is 0 Å². The lowest BCUT2D eigenvalue weighted by Gasteiger charge is -2.24. The van der Waals surface area contributed by atoms with Crippen molar-refractivity contribution < 1.29 is 42.1 Å². The number of nitrogens with zero attached hydrogens (tertiary/aromatic N) is 1. The summed E-state index contributed by atoms with van der Waals surface area (Å²) < 4.78 is 34.6. The lowest BCUT2D eigenvalue weighted by atomic mass is 10.0. The number of phosphoric acid groups is 1. The van der Waals surface area contributed by atoms with E-state index in [-0.39, 0.29) is 25.6 Å². The topological polar surface area (TPSA) is 108 Å². The normalized spacial score (nSPS) is 13.2. The molecule has 0 saturated carbocycles. The molecule has 1 N–H and O–H groups in total. The summed E-state index contributed by atoms with van der Waals surface area (Å²) in [6, 6.07) is 0. The van der Waals surface area contributed by atoms with Gasteiger partial charge in [-0.2, -0.15) is 0 Å². The zero-order valence-electron chi connectivity index (χ0n) is 50.1. The van der Waals surface area contributed by atoms with Crippen LogP contribution in [0.1, 0.15) is 335 Å². The summed E-state index contributed by atoms with van der Waals surface area (Å²) >= 11 is 0.